The maximum absolute atomic E-state index is 5.99. The Morgan fingerprint density at radius 1 is 1.28 bits per heavy atom. The Morgan fingerprint density at radius 3 is 2.56 bits per heavy atom. The summed E-state index contributed by atoms with van der Waals surface area (Å²) in [6.07, 6.45) is 0.968. The van der Waals surface area contributed by atoms with Crippen molar-refractivity contribution < 1.29 is 0 Å². The highest BCUT2D eigenvalue weighted by Gasteiger charge is 2.21. The lowest BCUT2D eigenvalue weighted by Gasteiger charge is -2.26. The molecule has 1 heterocycles. The smallest absolute Gasteiger partial charge is 0.0459 e. The van der Waals surface area contributed by atoms with Crippen LogP contribution in [0.3, 0.4) is 0 Å². The molecule has 0 saturated heterocycles. The molecular formula is C15H23N3. The molecule has 0 bridgehead atoms. The van der Waals surface area contributed by atoms with Gasteiger partial charge in [-0.25, -0.2) is 0 Å². The summed E-state index contributed by atoms with van der Waals surface area (Å²) in [5, 5.41) is 1.31. The van der Waals surface area contributed by atoms with Gasteiger partial charge in [-0.2, -0.15) is 0 Å². The Hall–Kier alpha value is -1.32. The summed E-state index contributed by atoms with van der Waals surface area (Å²) in [4.78, 5) is 5.72. The highest BCUT2D eigenvalue weighted by atomic mass is 15.1. The molecule has 1 aromatic heterocycles. The average Bonchev–Trinajstić information content (AvgIpc) is 2.61. The fraction of sp³-hybridized carbons (Fsp3) is 0.467. The van der Waals surface area contributed by atoms with Gasteiger partial charge in [0, 0.05) is 28.7 Å². The Balaban J connectivity index is 2.52. The Morgan fingerprint density at radius 2 is 1.94 bits per heavy atom. The number of hydrogen-bond donors (Lipinski definition) is 2. The van der Waals surface area contributed by atoms with Crippen molar-refractivity contribution in [2.24, 2.45) is 5.73 Å². The highest BCUT2D eigenvalue weighted by Crippen LogP contribution is 2.32. The lowest BCUT2D eigenvalue weighted by Crippen LogP contribution is -2.27. The third-order valence-corrected chi connectivity index (χ3v) is 3.50. The minimum absolute atomic E-state index is 0.200. The van der Waals surface area contributed by atoms with Crippen LogP contribution in [0.15, 0.2) is 24.3 Å². The van der Waals surface area contributed by atoms with Gasteiger partial charge in [-0.15, -0.1) is 0 Å². The van der Waals surface area contributed by atoms with Crippen LogP contribution in [0.2, 0.25) is 0 Å². The summed E-state index contributed by atoms with van der Waals surface area (Å²) in [6.45, 7) is 4.22. The van der Waals surface area contributed by atoms with E-state index in [0.717, 1.165) is 6.42 Å². The fourth-order valence-electron chi connectivity index (χ4n) is 2.67. The summed E-state index contributed by atoms with van der Waals surface area (Å²) >= 11 is 0. The van der Waals surface area contributed by atoms with Gasteiger partial charge in [0.25, 0.3) is 0 Å². The van der Waals surface area contributed by atoms with Crippen LogP contribution in [0, 0.1) is 6.92 Å². The molecule has 0 aliphatic carbocycles. The molecule has 3 N–H and O–H groups in total. The molecule has 0 aliphatic heterocycles. The molecule has 98 valence electrons. The van der Waals surface area contributed by atoms with Gasteiger partial charge in [0.1, 0.15) is 0 Å². The van der Waals surface area contributed by atoms with Crippen molar-refractivity contribution in [2.75, 3.05) is 14.1 Å². The summed E-state index contributed by atoms with van der Waals surface area (Å²) in [5.74, 6) is 0. The summed E-state index contributed by atoms with van der Waals surface area (Å²) < 4.78 is 0. The minimum atomic E-state index is 0.200. The number of nitrogens with zero attached hydrogens (tertiary/aromatic N) is 1. The molecule has 0 saturated carbocycles. The third kappa shape index (κ3) is 2.42. The van der Waals surface area contributed by atoms with Gasteiger partial charge in [0.15, 0.2) is 0 Å². The fourth-order valence-corrected chi connectivity index (χ4v) is 2.67. The van der Waals surface area contributed by atoms with Crippen molar-refractivity contribution >= 4 is 10.9 Å². The zero-order valence-corrected chi connectivity index (χ0v) is 11.7. The Kier molecular flexibility index (Phi) is 3.73. The summed E-state index contributed by atoms with van der Waals surface area (Å²) in [5.41, 5.74) is 9.83. The van der Waals surface area contributed by atoms with E-state index in [0.29, 0.717) is 6.04 Å². The predicted molar refractivity (Wildman–Crippen MR) is 77.7 cm³/mol. The van der Waals surface area contributed by atoms with Crippen LogP contribution in [0.5, 0.6) is 0 Å². The first-order valence-corrected chi connectivity index (χ1v) is 6.50. The van der Waals surface area contributed by atoms with Crippen molar-refractivity contribution in [3.63, 3.8) is 0 Å². The van der Waals surface area contributed by atoms with Gasteiger partial charge in [0.2, 0.25) is 0 Å². The molecule has 0 amide bonds. The van der Waals surface area contributed by atoms with Crippen LogP contribution in [-0.2, 0) is 0 Å². The summed E-state index contributed by atoms with van der Waals surface area (Å²) in [7, 11) is 4.24. The lowest BCUT2D eigenvalue weighted by atomic mass is 9.96. The number of nitrogens with one attached hydrogen (secondary N) is 1. The predicted octanol–water partition coefficient (Wildman–Crippen LogP) is 2.82. The summed E-state index contributed by atoms with van der Waals surface area (Å²) in [6, 6.07) is 9.04. The number of rotatable bonds is 4. The van der Waals surface area contributed by atoms with Crippen molar-refractivity contribution in [1.82, 2.24) is 9.88 Å². The Bertz CT molecular complexity index is 526. The first kappa shape index (κ1) is 13.1. The second kappa shape index (κ2) is 5.12. The quantitative estimate of drug-likeness (QED) is 0.870. The van der Waals surface area contributed by atoms with E-state index in [1.54, 1.807) is 0 Å². The molecule has 3 nitrogen and oxygen atoms in total. The standard InChI is InChI=1S/C15H23N3/c1-10(16)9-14(18(3)4)15-11(2)17-13-8-6-5-7-12(13)15/h5-8,10,14,17H,9,16H2,1-4H3. The van der Waals surface area contributed by atoms with Crippen LogP contribution in [-0.4, -0.2) is 30.0 Å². The number of H-pyrrole nitrogens is 1. The number of aryl methyl sites for hydroxylation is 1. The van der Waals surface area contributed by atoms with Crippen molar-refractivity contribution in [1.29, 1.82) is 0 Å². The molecule has 2 atom stereocenters. The average molecular weight is 245 g/mol. The van der Waals surface area contributed by atoms with Gasteiger partial charge >= 0.3 is 0 Å². The van der Waals surface area contributed by atoms with Crippen LogP contribution >= 0.6 is 0 Å². The lowest BCUT2D eigenvalue weighted by molar-refractivity contribution is 0.273. The van der Waals surface area contributed by atoms with Crippen LogP contribution in [0.1, 0.15) is 30.6 Å². The van der Waals surface area contributed by atoms with E-state index < -0.39 is 0 Å². The molecule has 18 heavy (non-hydrogen) atoms. The molecule has 2 unspecified atom stereocenters. The van der Waals surface area contributed by atoms with Crippen molar-refractivity contribution in [2.45, 2.75) is 32.4 Å². The van der Waals surface area contributed by atoms with Crippen molar-refractivity contribution in [3.05, 3.63) is 35.5 Å². The van der Waals surface area contributed by atoms with Crippen molar-refractivity contribution in [3.8, 4) is 0 Å². The molecule has 0 spiro atoms. The zero-order chi connectivity index (χ0) is 13.3. The topological polar surface area (TPSA) is 45.1 Å². The number of aromatic nitrogens is 1. The van der Waals surface area contributed by atoms with Gasteiger partial charge in [-0.1, -0.05) is 18.2 Å². The molecule has 0 fully saturated rings. The maximum Gasteiger partial charge on any atom is 0.0459 e. The normalized spacial score (nSPS) is 15.2. The number of nitrogens with two attached hydrogens (primary N) is 1. The molecule has 1 aromatic carbocycles. The van der Waals surface area contributed by atoms with E-state index in [2.05, 4.69) is 62.1 Å². The molecule has 0 aliphatic rings. The van der Waals surface area contributed by atoms with Crippen LogP contribution in [0.25, 0.3) is 10.9 Å². The van der Waals surface area contributed by atoms with E-state index in [1.165, 1.54) is 22.2 Å². The third-order valence-electron chi connectivity index (χ3n) is 3.50. The number of para-hydroxylation sites is 1. The Labute approximate surface area is 109 Å². The molecule has 0 radical (unpaired) electrons. The van der Waals surface area contributed by atoms with Gasteiger partial charge in [0.05, 0.1) is 0 Å². The van der Waals surface area contributed by atoms with Gasteiger partial charge < -0.3 is 15.6 Å². The largest absolute Gasteiger partial charge is 0.358 e. The highest BCUT2D eigenvalue weighted by molar-refractivity contribution is 5.85. The second-order valence-corrected chi connectivity index (χ2v) is 5.40. The number of fused-ring (bicyclic) bond motifs is 1. The molecule has 2 aromatic rings. The van der Waals surface area contributed by atoms with E-state index >= 15 is 0 Å². The molecular weight excluding hydrogens is 222 g/mol. The van der Waals surface area contributed by atoms with E-state index in [4.69, 9.17) is 5.73 Å². The number of hydrogen-bond acceptors (Lipinski definition) is 2. The van der Waals surface area contributed by atoms with Gasteiger partial charge in [-0.3, -0.25) is 0 Å². The minimum Gasteiger partial charge on any atom is -0.358 e. The molecule has 3 heteroatoms. The monoisotopic (exact) mass is 245 g/mol. The first-order valence-electron chi connectivity index (χ1n) is 6.50. The van der Waals surface area contributed by atoms with E-state index in [-0.39, 0.29) is 6.04 Å². The second-order valence-electron chi connectivity index (χ2n) is 5.40. The van der Waals surface area contributed by atoms with Crippen LogP contribution in [0.4, 0.5) is 0 Å². The number of aromatic amines is 1. The SMILES string of the molecule is Cc1[nH]c2ccccc2c1C(CC(C)N)N(C)C. The first-order chi connectivity index (χ1) is 8.50. The van der Waals surface area contributed by atoms with Gasteiger partial charge in [-0.05, 0) is 46.0 Å². The zero-order valence-electron chi connectivity index (χ0n) is 11.7. The van der Waals surface area contributed by atoms with E-state index in [1.807, 2.05) is 0 Å². The van der Waals surface area contributed by atoms with Crippen LogP contribution < -0.4 is 5.73 Å². The maximum atomic E-state index is 5.99. The molecule has 2 rings (SSSR count). The number of benzene rings is 1. The van der Waals surface area contributed by atoms with E-state index in [9.17, 15) is 0 Å².